The van der Waals surface area contributed by atoms with E-state index in [4.69, 9.17) is 0 Å². The van der Waals surface area contributed by atoms with Crippen LogP contribution in [0.15, 0.2) is 30.6 Å². The molecule has 0 amide bonds. The van der Waals surface area contributed by atoms with Crippen LogP contribution in [-0.2, 0) is 6.54 Å². The fraction of sp³-hybridized carbons (Fsp3) is 0.444. The topological polar surface area (TPSA) is 50.8 Å². The highest BCUT2D eigenvalue weighted by Gasteiger charge is 2.31. The Hall–Kier alpha value is -2.49. The predicted molar refractivity (Wildman–Crippen MR) is 87.8 cm³/mol. The number of rotatable bonds is 8. The van der Waals surface area contributed by atoms with E-state index in [1.54, 1.807) is 17.1 Å². The minimum atomic E-state index is -4.77. The Labute approximate surface area is 144 Å². The largest absolute Gasteiger partial charge is 0.573 e. The van der Waals surface area contributed by atoms with Crippen LogP contribution in [0.25, 0.3) is 11.1 Å². The summed E-state index contributed by atoms with van der Waals surface area (Å²) in [5.74, 6) is -0.353. The van der Waals surface area contributed by atoms with Gasteiger partial charge in [-0.05, 0) is 24.6 Å². The van der Waals surface area contributed by atoms with Gasteiger partial charge in [0.2, 0.25) is 0 Å². The number of aromatic nitrogens is 2. The zero-order valence-corrected chi connectivity index (χ0v) is 14.0. The van der Waals surface area contributed by atoms with E-state index in [9.17, 15) is 18.4 Å². The number of hydrogen-bond donors (Lipinski definition) is 0. The number of aryl methyl sites for hydroxylation is 1. The van der Waals surface area contributed by atoms with E-state index in [0.717, 1.165) is 25.5 Å². The molecule has 0 unspecified atom stereocenters. The lowest BCUT2D eigenvalue weighted by atomic mass is 10.0. The molecule has 0 N–H and O–H groups in total. The molecule has 0 fully saturated rings. The first kappa shape index (κ1) is 18.8. The summed E-state index contributed by atoms with van der Waals surface area (Å²) >= 11 is 0. The number of benzene rings is 1. The van der Waals surface area contributed by atoms with Crippen LogP contribution in [0.2, 0.25) is 0 Å². The lowest BCUT2D eigenvalue weighted by Crippen LogP contribution is -2.17. The van der Waals surface area contributed by atoms with Gasteiger partial charge in [0.05, 0.1) is 17.8 Å². The molecule has 1 aromatic carbocycles. The van der Waals surface area contributed by atoms with Crippen LogP contribution in [0.3, 0.4) is 0 Å². The van der Waals surface area contributed by atoms with E-state index in [-0.39, 0.29) is 11.3 Å². The minimum Gasteiger partial charge on any atom is -0.406 e. The molecule has 4 nitrogen and oxygen atoms in total. The summed E-state index contributed by atoms with van der Waals surface area (Å²) in [5, 5.41) is 13.4. The highest BCUT2D eigenvalue weighted by molar-refractivity contribution is 5.71. The van der Waals surface area contributed by atoms with Crippen LogP contribution >= 0.6 is 0 Å². The Morgan fingerprint density at radius 3 is 2.64 bits per heavy atom. The van der Waals surface area contributed by atoms with Gasteiger partial charge in [-0.15, -0.1) is 13.2 Å². The monoisotopic (exact) mass is 351 g/mol. The average Bonchev–Trinajstić information content (AvgIpc) is 3.02. The first-order valence-electron chi connectivity index (χ1n) is 8.25. The smallest absolute Gasteiger partial charge is 0.406 e. The van der Waals surface area contributed by atoms with Crippen molar-refractivity contribution >= 4 is 0 Å². The highest BCUT2D eigenvalue weighted by Crippen LogP contribution is 2.30. The molecule has 0 saturated heterocycles. The van der Waals surface area contributed by atoms with Gasteiger partial charge in [0, 0.05) is 23.9 Å². The van der Waals surface area contributed by atoms with Gasteiger partial charge < -0.3 is 4.74 Å². The van der Waals surface area contributed by atoms with Gasteiger partial charge in [-0.1, -0.05) is 32.6 Å². The molecule has 0 spiro atoms. The van der Waals surface area contributed by atoms with E-state index < -0.39 is 6.36 Å². The number of hydrogen-bond acceptors (Lipinski definition) is 3. The van der Waals surface area contributed by atoms with Crippen molar-refractivity contribution in [2.24, 2.45) is 0 Å². The van der Waals surface area contributed by atoms with Gasteiger partial charge >= 0.3 is 6.36 Å². The summed E-state index contributed by atoms with van der Waals surface area (Å²) in [5.41, 5.74) is 1.25. The second-order valence-electron chi connectivity index (χ2n) is 5.77. The van der Waals surface area contributed by atoms with Crippen molar-refractivity contribution in [3.8, 4) is 22.9 Å². The SMILES string of the molecule is CCCCCCCn1cc(-c2cc(OC(F)(F)F)ccc2C#N)cn1. The molecule has 1 aromatic heterocycles. The Morgan fingerprint density at radius 2 is 1.96 bits per heavy atom. The van der Waals surface area contributed by atoms with E-state index >= 15 is 0 Å². The molecular formula is C18H20F3N3O. The van der Waals surface area contributed by atoms with Crippen LogP contribution in [0.5, 0.6) is 5.75 Å². The van der Waals surface area contributed by atoms with Crippen molar-refractivity contribution in [3.05, 3.63) is 36.2 Å². The lowest BCUT2D eigenvalue weighted by molar-refractivity contribution is -0.274. The van der Waals surface area contributed by atoms with Gasteiger partial charge in [-0.3, -0.25) is 4.68 Å². The molecule has 25 heavy (non-hydrogen) atoms. The number of halogens is 3. The van der Waals surface area contributed by atoms with Crippen molar-refractivity contribution in [2.45, 2.75) is 51.9 Å². The molecule has 0 aliphatic rings. The summed E-state index contributed by atoms with van der Waals surface area (Å²) in [7, 11) is 0. The molecule has 2 aromatic rings. The molecule has 1 heterocycles. The summed E-state index contributed by atoms with van der Waals surface area (Å²) in [6.45, 7) is 2.90. The van der Waals surface area contributed by atoms with Crippen LogP contribution in [0.1, 0.15) is 44.6 Å². The second-order valence-corrected chi connectivity index (χ2v) is 5.77. The molecule has 0 atom stereocenters. The van der Waals surface area contributed by atoms with Crippen LogP contribution in [0.4, 0.5) is 13.2 Å². The van der Waals surface area contributed by atoms with Crippen molar-refractivity contribution in [1.82, 2.24) is 9.78 Å². The normalized spacial score (nSPS) is 11.3. The second kappa shape index (κ2) is 8.56. The van der Waals surface area contributed by atoms with Crippen molar-refractivity contribution in [3.63, 3.8) is 0 Å². The van der Waals surface area contributed by atoms with E-state index in [1.165, 1.54) is 31.4 Å². The van der Waals surface area contributed by atoms with Crippen molar-refractivity contribution < 1.29 is 17.9 Å². The Morgan fingerprint density at radius 1 is 1.20 bits per heavy atom. The quantitative estimate of drug-likeness (QED) is 0.607. The summed E-state index contributed by atoms with van der Waals surface area (Å²) in [6, 6.07) is 5.65. The van der Waals surface area contributed by atoms with Gasteiger partial charge in [-0.25, -0.2) is 0 Å². The minimum absolute atomic E-state index is 0.275. The van der Waals surface area contributed by atoms with Crippen LogP contribution < -0.4 is 4.74 Å². The number of ether oxygens (including phenoxy) is 1. The van der Waals surface area contributed by atoms with Crippen molar-refractivity contribution in [1.29, 1.82) is 5.26 Å². The molecule has 2 rings (SSSR count). The average molecular weight is 351 g/mol. The molecule has 134 valence electrons. The van der Waals surface area contributed by atoms with E-state index in [2.05, 4.69) is 16.8 Å². The number of unbranched alkanes of at least 4 members (excludes halogenated alkanes) is 4. The predicted octanol–water partition coefficient (Wildman–Crippen LogP) is 5.29. The Balaban J connectivity index is 2.12. The molecule has 0 aliphatic carbocycles. The first-order valence-corrected chi connectivity index (χ1v) is 8.25. The molecule has 7 heteroatoms. The first-order chi connectivity index (χ1) is 11.9. The Kier molecular flexibility index (Phi) is 6.45. The maximum atomic E-state index is 12.4. The fourth-order valence-corrected chi connectivity index (χ4v) is 2.56. The van der Waals surface area contributed by atoms with Crippen LogP contribution in [0, 0.1) is 11.3 Å². The van der Waals surface area contributed by atoms with Gasteiger partial charge in [0.25, 0.3) is 0 Å². The molecule has 0 radical (unpaired) electrons. The maximum Gasteiger partial charge on any atom is 0.573 e. The zero-order chi connectivity index (χ0) is 18.3. The molecular weight excluding hydrogens is 331 g/mol. The van der Waals surface area contributed by atoms with Gasteiger partial charge in [0.15, 0.2) is 0 Å². The maximum absolute atomic E-state index is 12.4. The van der Waals surface area contributed by atoms with E-state index in [1.807, 2.05) is 6.07 Å². The third-order valence-electron chi connectivity index (χ3n) is 3.78. The lowest BCUT2D eigenvalue weighted by Gasteiger charge is -2.10. The highest BCUT2D eigenvalue weighted by atomic mass is 19.4. The van der Waals surface area contributed by atoms with Gasteiger partial charge in [0.1, 0.15) is 5.75 Å². The van der Waals surface area contributed by atoms with Crippen LogP contribution in [-0.4, -0.2) is 16.1 Å². The third-order valence-corrected chi connectivity index (χ3v) is 3.78. The summed E-state index contributed by atoms with van der Waals surface area (Å²) in [6.07, 6.45) is 4.20. The number of nitriles is 1. The summed E-state index contributed by atoms with van der Waals surface area (Å²) in [4.78, 5) is 0. The molecule has 0 bridgehead atoms. The number of alkyl halides is 3. The summed E-state index contributed by atoms with van der Waals surface area (Å²) < 4.78 is 42.8. The fourth-order valence-electron chi connectivity index (χ4n) is 2.56. The number of nitrogens with zero attached hydrogens (tertiary/aromatic N) is 3. The Bertz CT molecular complexity index is 732. The standard InChI is InChI=1S/C18H20F3N3O/c1-2-3-4-5-6-9-24-13-15(12-23-24)17-10-16(25-18(19,20)21)8-7-14(17)11-22/h7-8,10,12-13H,2-6,9H2,1H3. The van der Waals surface area contributed by atoms with Gasteiger partial charge in [-0.2, -0.15) is 10.4 Å². The molecule has 0 aliphatic heterocycles. The third kappa shape index (κ3) is 5.82. The zero-order valence-electron chi connectivity index (χ0n) is 14.0. The van der Waals surface area contributed by atoms with Crippen molar-refractivity contribution in [2.75, 3.05) is 0 Å². The molecule has 0 saturated carbocycles. The van der Waals surface area contributed by atoms with E-state index in [0.29, 0.717) is 11.1 Å².